The molecule has 0 heterocycles. The van der Waals surface area contributed by atoms with Crippen LogP contribution in [0.4, 0.5) is 0 Å². The second-order valence-corrected chi connectivity index (χ2v) is 7.44. The van der Waals surface area contributed by atoms with E-state index in [0.717, 1.165) is 0 Å². The highest BCUT2D eigenvalue weighted by atomic mass is 16.4. The Hall–Kier alpha value is -3.75. The number of rotatable bonds is 13. The van der Waals surface area contributed by atoms with Crippen LogP contribution in [-0.4, -0.2) is 92.1 Å². The zero-order valence-corrected chi connectivity index (χ0v) is 18.2. The molecular weight excluding hydrogens is 456 g/mol. The number of phenols is 1. The van der Waals surface area contributed by atoms with Gasteiger partial charge in [-0.3, -0.25) is 19.2 Å². The van der Waals surface area contributed by atoms with Crippen molar-refractivity contribution in [2.45, 2.75) is 50.0 Å². The van der Waals surface area contributed by atoms with Crippen LogP contribution in [0.15, 0.2) is 24.3 Å². The van der Waals surface area contributed by atoms with Crippen LogP contribution in [0, 0.1) is 0 Å². The van der Waals surface area contributed by atoms with Crippen LogP contribution in [0.1, 0.15) is 18.9 Å². The number of carbonyl (C=O) groups is 5. The van der Waals surface area contributed by atoms with Crippen molar-refractivity contribution in [3.8, 4) is 5.75 Å². The zero-order chi connectivity index (χ0) is 26.0. The van der Waals surface area contributed by atoms with E-state index in [4.69, 9.17) is 10.8 Å². The first-order valence-electron chi connectivity index (χ1n) is 10.0. The topological polar surface area (TPSA) is 249 Å². The summed E-state index contributed by atoms with van der Waals surface area (Å²) in [5.74, 6) is -6.24. The fourth-order valence-corrected chi connectivity index (χ4v) is 2.68. The monoisotopic (exact) mass is 484 g/mol. The molecular formula is C20H28N4O10. The number of phenolic OH excluding ortho intramolecular Hbond substituents is 1. The Labute approximate surface area is 193 Å². The van der Waals surface area contributed by atoms with Crippen molar-refractivity contribution < 1.29 is 49.5 Å². The van der Waals surface area contributed by atoms with Crippen LogP contribution in [0.3, 0.4) is 0 Å². The van der Waals surface area contributed by atoms with Crippen LogP contribution in [-0.2, 0) is 30.4 Å². The largest absolute Gasteiger partial charge is 0.508 e. The van der Waals surface area contributed by atoms with Gasteiger partial charge in [-0.25, -0.2) is 4.79 Å². The lowest BCUT2D eigenvalue weighted by Gasteiger charge is -2.24. The molecule has 0 aliphatic carbocycles. The van der Waals surface area contributed by atoms with Crippen LogP contribution < -0.4 is 21.7 Å². The highest BCUT2D eigenvalue weighted by Crippen LogP contribution is 2.12. The van der Waals surface area contributed by atoms with Crippen LogP contribution in [0.25, 0.3) is 0 Å². The Morgan fingerprint density at radius 2 is 1.38 bits per heavy atom. The molecule has 0 aliphatic rings. The van der Waals surface area contributed by atoms with Gasteiger partial charge in [0.2, 0.25) is 17.7 Å². The van der Waals surface area contributed by atoms with Gasteiger partial charge >= 0.3 is 11.9 Å². The molecule has 3 amide bonds. The fourth-order valence-electron chi connectivity index (χ4n) is 2.68. The molecule has 0 spiro atoms. The zero-order valence-electron chi connectivity index (χ0n) is 18.2. The molecule has 1 aromatic rings. The van der Waals surface area contributed by atoms with Gasteiger partial charge in [0.05, 0.1) is 19.1 Å². The van der Waals surface area contributed by atoms with Crippen molar-refractivity contribution in [2.75, 3.05) is 6.61 Å². The SMILES string of the molecule is C[C@@H](O)[C@H](N)C(=O)N[C@@H](CO)C(=O)N[C@@H](CC(=O)O)C(=O)N[C@@H](Cc1ccc(O)cc1)C(=O)O. The number of nitrogens with one attached hydrogen (secondary N) is 3. The summed E-state index contributed by atoms with van der Waals surface area (Å²) in [6.45, 7) is 0.284. The van der Waals surface area contributed by atoms with Crippen LogP contribution in [0.2, 0.25) is 0 Å². The highest BCUT2D eigenvalue weighted by Gasteiger charge is 2.32. The molecule has 34 heavy (non-hydrogen) atoms. The summed E-state index contributed by atoms with van der Waals surface area (Å²) in [5.41, 5.74) is 5.89. The number of aliphatic hydroxyl groups is 2. The Balaban J connectivity index is 2.94. The van der Waals surface area contributed by atoms with Gasteiger partial charge in [-0.1, -0.05) is 12.1 Å². The maximum absolute atomic E-state index is 12.6. The number of carboxylic acids is 2. The van der Waals surface area contributed by atoms with E-state index in [2.05, 4.69) is 16.0 Å². The van der Waals surface area contributed by atoms with Gasteiger partial charge in [0.15, 0.2) is 0 Å². The lowest BCUT2D eigenvalue weighted by atomic mass is 10.0. The van der Waals surface area contributed by atoms with E-state index in [9.17, 15) is 44.4 Å². The average molecular weight is 484 g/mol. The Bertz CT molecular complexity index is 890. The van der Waals surface area contributed by atoms with Gasteiger partial charge in [0, 0.05) is 6.42 Å². The molecule has 0 unspecified atom stereocenters. The first kappa shape index (κ1) is 28.3. The molecule has 0 bridgehead atoms. The maximum atomic E-state index is 12.6. The minimum Gasteiger partial charge on any atom is -0.508 e. The predicted octanol–water partition coefficient (Wildman–Crippen LogP) is -3.35. The molecule has 0 radical (unpaired) electrons. The fraction of sp³-hybridized carbons (Fsp3) is 0.450. The molecule has 188 valence electrons. The lowest BCUT2D eigenvalue weighted by molar-refractivity contribution is -0.143. The molecule has 0 aliphatic heterocycles. The van der Waals surface area contributed by atoms with Crippen molar-refractivity contribution >= 4 is 29.7 Å². The summed E-state index contributed by atoms with van der Waals surface area (Å²) >= 11 is 0. The number of aliphatic carboxylic acids is 2. The summed E-state index contributed by atoms with van der Waals surface area (Å²) < 4.78 is 0. The van der Waals surface area contributed by atoms with E-state index in [1.54, 1.807) is 0 Å². The van der Waals surface area contributed by atoms with E-state index in [1.165, 1.54) is 31.2 Å². The molecule has 0 fully saturated rings. The van der Waals surface area contributed by atoms with Crippen LogP contribution in [0.5, 0.6) is 5.75 Å². The summed E-state index contributed by atoms with van der Waals surface area (Å²) in [6, 6.07) is -0.802. The average Bonchev–Trinajstić information content (AvgIpc) is 2.76. The third-order valence-electron chi connectivity index (χ3n) is 4.64. The van der Waals surface area contributed by atoms with Gasteiger partial charge in [0.1, 0.15) is 29.9 Å². The number of carbonyl (C=O) groups excluding carboxylic acids is 3. The summed E-state index contributed by atoms with van der Waals surface area (Å²) in [7, 11) is 0. The van der Waals surface area contributed by atoms with Gasteiger partial charge in [-0.2, -0.15) is 0 Å². The molecule has 14 nitrogen and oxygen atoms in total. The Kier molecular flexibility index (Phi) is 10.9. The van der Waals surface area contributed by atoms with Gasteiger partial charge < -0.3 is 47.2 Å². The number of hydrogen-bond acceptors (Lipinski definition) is 9. The lowest BCUT2D eigenvalue weighted by Crippen LogP contribution is -2.59. The van der Waals surface area contributed by atoms with E-state index in [0.29, 0.717) is 5.56 Å². The van der Waals surface area contributed by atoms with Crippen molar-refractivity contribution in [3.05, 3.63) is 29.8 Å². The van der Waals surface area contributed by atoms with Crippen LogP contribution >= 0.6 is 0 Å². The summed E-state index contributed by atoms with van der Waals surface area (Å²) in [6.07, 6.45) is -2.40. The first-order valence-corrected chi connectivity index (χ1v) is 10.0. The van der Waals surface area contributed by atoms with Gasteiger partial charge in [-0.05, 0) is 24.6 Å². The number of aliphatic hydroxyl groups excluding tert-OH is 2. The first-order chi connectivity index (χ1) is 15.8. The standard InChI is InChI=1S/C20H28N4O10/c1-9(26)16(21)19(32)24-14(8-25)18(31)22-12(7-15(28)29)17(30)23-13(20(33)34)6-10-2-4-11(27)5-3-10/h2-5,9,12-14,16,25-27H,6-8,21H2,1H3,(H,22,31)(H,23,30)(H,24,32)(H,28,29)(H,33,34)/t9-,12+,13+,14+,16+/m1/s1. The van der Waals surface area contributed by atoms with Crippen molar-refractivity contribution in [3.63, 3.8) is 0 Å². The van der Waals surface area contributed by atoms with E-state index >= 15 is 0 Å². The number of benzene rings is 1. The number of hydrogen-bond donors (Lipinski definition) is 9. The molecule has 14 heteroatoms. The van der Waals surface area contributed by atoms with Crippen molar-refractivity contribution in [1.82, 2.24) is 16.0 Å². The molecule has 5 atom stereocenters. The number of aromatic hydroxyl groups is 1. The molecule has 0 saturated heterocycles. The number of amides is 3. The normalized spacial score (nSPS) is 15.2. The van der Waals surface area contributed by atoms with E-state index in [1.807, 2.05) is 0 Å². The molecule has 10 N–H and O–H groups in total. The molecule has 0 saturated carbocycles. The summed E-state index contributed by atoms with van der Waals surface area (Å²) in [4.78, 5) is 59.7. The minimum atomic E-state index is -1.75. The Morgan fingerprint density at radius 1 is 0.882 bits per heavy atom. The van der Waals surface area contributed by atoms with E-state index in [-0.39, 0.29) is 12.2 Å². The molecule has 0 aromatic heterocycles. The third-order valence-corrected chi connectivity index (χ3v) is 4.64. The highest BCUT2D eigenvalue weighted by molar-refractivity contribution is 5.95. The Morgan fingerprint density at radius 3 is 1.85 bits per heavy atom. The van der Waals surface area contributed by atoms with Crippen molar-refractivity contribution in [1.29, 1.82) is 0 Å². The summed E-state index contributed by atoms with van der Waals surface area (Å²) in [5, 5.41) is 52.9. The second-order valence-electron chi connectivity index (χ2n) is 7.44. The quantitative estimate of drug-likeness (QED) is 0.134. The van der Waals surface area contributed by atoms with E-state index < -0.39 is 73.0 Å². The second kappa shape index (κ2) is 13.1. The maximum Gasteiger partial charge on any atom is 0.326 e. The van der Waals surface area contributed by atoms with Gasteiger partial charge in [0.25, 0.3) is 0 Å². The van der Waals surface area contributed by atoms with Gasteiger partial charge in [-0.15, -0.1) is 0 Å². The third kappa shape index (κ3) is 9.01. The minimum absolute atomic E-state index is 0.0520. The number of nitrogens with two attached hydrogens (primary N) is 1. The molecule has 1 rings (SSSR count). The van der Waals surface area contributed by atoms with Crippen molar-refractivity contribution in [2.24, 2.45) is 5.73 Å². The predicted molar refractivity (Wildman–Crippen MR) is 114 cm³/mol. The number of carboxylic acid groups (broad SMARTS) is 2. The molecule has 1 aromatic carbocycles. The smallest absolute Gasteiger partial charge is 0.326 e.